The van der Waals surface area contributed by atoms with E-state index in [0.717, 1.165) is 36.9 Å². The lowest BCUT2D eigenvalue weighted by Crippen LogP contribution is -2.32. The van der Waals surface area contributed by atoms with Crippen molar-refractivity contribution in [2.24, 2.45) is 5.92 Å². The van der Waals surface area contributed by atoms with Crippen molar-refractivity contribution in [2.75, 3.05) is 25.0 Å². The van der Waals surface area contributed by atoms with Gasteiger partial charge in [0.15, 0.2) is 0 Å². The van der Waals surface area contributed by atoms with Gasteiger partial charge in [-0.2, -0.15) is 0 Å². The number of thiophene rings is 1. The first kappa shape index (κ1) is 20.0. The summed E-state index contributed by atoms with van der Waals surface area (Å²) in [5.74, 6) is 0.420. The Morgan fingerprint density at radius 2 is 1.89 bits per heavy atom. The Hall–Kier alpha value is -1.74. The summed E-state index contributed by atoms with van der Waals surface area (Å²) in [6.07, 6.45) is 2.49. The van der Waals surface area contributed by atoms with Crippen molar-refractivity contribution in [3.8, 4) is 0 Å². The van der Waals surface area contributed by atoms with E-state index in [9.17, 15) is 13.2 Å². The van der Waals surface area contributed by atoms with Crippen LogP contribution in [0.25, 0.3) is 0 Å². The van der Waals surface area contributed by atoms with Gasteiger partial charge in [0, 0.05) is 12.2 Å². The molecular formula is C19H25N3O3S2. The standard InChI is InChI=1S/C19H25N3O3S2/c1-15-8-10-22(11-9-15)14-16-4-6-17(7-5-16)21-18(23)13-20-27(24,25)19-3-2-12-26-19/h2-7,12,15,20H,8-11,13-14H2,1H3,(H,21,23). The summed E-state index contributed by atoms with van der Waals surface area (Å²) in [5, 5.41) is 4.40. The molecule has 2 heterocycles. The molecule has 0 spiro atoms. The van der Waals surface area contributed by atoms with Crippen LogP contribution in [0.15, 0.2) is 46.0 Å². The van der Waals surface area contributed by atoms with Gasteiger partial charge in [-0.3, -0.25) is 9.69 Å². The number of nitrogens with zero attached hydrogens (tertiary/aromatic N) is 1. The summed E-state index contributed by atoms with van der Waals surface area (Å²) in [7, 11) is -3.63. The molecule has 0 saturated carbocycles. The zero-order chi connectivity index (χ0) is 19.3. The summed E-state index contributed by atoms with van der Waals surface area (Å²) in [6, 6.07) is 10.9. The van der Waals surface area contributed by atoms with E-state index in [0.29, 0.717) is 5.69 Å². The number of hydrogen-bond donors (Lipinski definition) is 2. The number of hydrogen-bond acceptors (Lipinski definition) is 5. The smallest absolute Gasteiger partial charge is 0.250 e. The molecule has 0 bridgehead atoms. The predicted molar refractivity (Wildman–Crippen MR) is 108 cm³/mol. The summed E-state index contributed by atoms with van der Waals surface area (Å²) in [5.41, 5.74) is 1.87. The molecule has 0 atom stereocenters. The van der Waals surface area contributed by atoms with Crippen molar-refractivity contribution in [2.45, 2.75) is 30.5 Å². The molecule has 2 aromatic rings. The van der Waals surface area contributed by atoms with Gasteiger partial charge in [0.1, 0.15) is 4.21 Å². The van der Waals surface area contributed by atoms with E-state index < -0.39 is 15.9 Å². The van der Waals surface area contributed by atoms with Crippen LogP contribution in [-0.4, -0.2) is 38.9 Å². The first-order valence-corrected chi connectivity index (χ1v) is 11.4. The third kappa shape index (κ3) is 5.87. The lowest BCUT2D eigenvalue weighted by Gasteiger charge is -2.30. The molecule has 0 radical (unpaired) electrons. The summed E-state index contributed by atoms with van der Waals surface area (Å²) in [4.78, 5) is 14.5. The SMILES string of the molecule is CC1CCN(Cc2ccc(NC(=O)CNS(=O)(=O)c3cccs3)cc2)CC1. The van der Waals surface area contributed by atoms with Gasteiger partial charge in [0.05, 0.1) is 6.54 Å². The van der Waals surface area contributed by atoms with Crippen molar-refractivity contribution in [3.05, 3.63) is 47.3 Å². The molecule has 146 valence electrons. The minimum atomic E-state index is -3.63. The average Bonchev–Trinajstić information content (AvgIpc) is 3.19. The van der Waals surface area contributed by atoms with Crippen molar-refractivity contribution in [1.29, 1.82) is 0 Å². The molecule has 2 N–H and O–H groups in total. The zero-order valence-electron chi connectivity index (χ0n) is 15.3. The molecule has 6 nitrogen and oxygen atoms in total. The Morgan fingerprint density at radius 3 is 2.52 bits per heavy atom. The van der Waals surface area contributed by atoms with E-state index in [2.05, 4.69) is 21.9 Å². The van der Waals surface area contributed by atoms with E-state index in [4.69, 9.17) is 0 Å². The molecule has 1 fully saturated rings. The molecule has 0 unspecified atom stereocenters. The Morgan fingerprint density at radius 1 is 1.19 bits per heavy atom. The van der Waals surface area contributed by atoms with Gasteiger partial charge in [-0.25, -0.2) is 13.1 Å². The second kappa shape index (κ2) is 8.97. The maximum atomic E-state index is 12.0. The van der Waals surface area contributed by atoms with Crippen LogP contribution in [0.1, 0.15) is 25.3 Å². The normalized spacial score (nSPS) is 16.3. The van der Waals surface area contributed by atoms with Crippen LogP contribution in [0.5, 0.6) is 0 Å². The average molecular weight is 408 g/mol. The molecule has 1 aliphatic rings. The van der Waals surface area contributed by atoms with E-state index in [-0.39, 0.29) is 10.8 Å². The van der Waals surface area contributed by atoms with Crippen LogP contribution < -0.4 is 10.0 Å². The summed E-state index contributed by atoms with van der Waals surface area (Å²) < 4.78 is 26.6. The van der Waals surface area contributed by atoms with Crippen molar-refractivity contribution < 1.29 is 13.2 Å². The summed E-state index contributed by atoms with van der Waals surface area (Å²) in [6.45, 7) is 5.18. The summed E-state index contributed by atoms with van der Waals surface area (Å²) >= 11 is 1.12. The topological polar surface area (TPSA) is 78.5 Å². The second-order valence-corrected chi connectivity index (χ2v) is 9.90. The molecule has 1 saturated heterocycles. The minimum Gasteiger partial charge on any atom is -0.325 e. The van der Waals surface area contributed by atoms with E-state index in [1.54, 1.807) is 11.4 Å². The number of sulfonamides is 1. The van der Waals surface area contributed by atoms with Crippen LogP contribution in [0.4, 0.5) is 5.69 Å². The van der Waals surface area contributed by atoms with Crippen LogP contribution in [0.2, 0.25) is 0 Å². The second-order valence-electron chi connectivity index (χ2n) is 6.96. The maximum absolute atomic E-state index is 12.0. The number of benzene rings is 1. The molecule has 3 rings (SSSR count). The zero-order valence-corrected chi connectivity index (χ0v) is 17.0. The van der Waals surface area contributed by atoms with Crippen molar-refractivity contribution in [3.63, 3.8) is 0 Å². The largest absolute Gasteiger partial charge is 0.325 e. The molecule has 1 aliphatic heterocycles. The van der Waals surface area contributed by atoms with Crippen LogP contribution >= 0.6 is 11.3 Å². The molecule has 8 heteroatoms. The Balaban J connectivity index is 1.47. The fourth-order valence-electron chi connectivity index (χ4n) is 3.03. The highest BCUT2D eigenvalue weighted by Gasteiger charge is 2.17. The predicted octanol–water partition coefficient (Wildman–Crippen LogP) is 2.90. The van der Waals surface area contributed by atoms with Gasteiger partial charge in [0.2, 0.25) is 5.91 Å². The van der Waals surface area contributed by atoms with Gasteiger partial charge in [0.25, 0.3) is 10.0 Å². The maximum Gasteiger partial charge on any atom is 0.250 e. The minimum absolute atomic E-state index is 0.201. The fraction of sp³-hybridized carbons (Fsp3) is 0.421. The number of amides is 1. The highest BCUT2D eigenvalue weighted by Crippen LogP contribution is 2.19. The number of carbonyl (C=O) groups is 1. The van der Waals surface area contributed by atoms with Crippen LogP contribution in [0, 0.1) is 5.92 Å². The van der Waals surface area contributed by atoms with E-state index >= 15 is 0 Å². The number of carbonyl (C=O) groups excluding carboxylic acids is 1. The van der Waals surface area contributed by atoms with Crippen molar-refractivity contribution >= 4 is 33.0 Å². The number of rotatable bonds is 7. The van der Waals surface area contributed by atoms with Crippen LogP contribution in [-0.2, 0) is 21.4 Å². The molecule has 1 amide bonds. The monoisotopic (exact) mass is 407 g/mol. The van der Waals surface area contributed by atoms with Gasteiger partial charge in [-0.15, -0.1) is 11.3 Å². The number of anilines is 1. The third-order valence-electron chi connectivity index (χ3n) is 4.70. The van der Waals surface area contributed by atoms with Crippen molar-refractivity contribution in [1.82, 2.24) is 9.62 Å². The van der Waals surface area contributed by atoms with Gasteiger partial charge in [-0.1, -0.05) is 25.1 Å². The quantitative estimate of drug-likeness (QED) is 0.740. The number of likely N-dealkylation sites (tertiary alicyclic amines) is 1. The van der Waals surface area contributed by atoms with E-state index in [1.807, 2.05) is 24.3 Å². The highest BCUT2D eigenvalue weighted by atomic mass is 32.2. The van der Waals surface area contributed by atoms with Gasteiger partial charge < -0.3 is 5.32 Å². The first-order valence-electron chi connectivity index (χ1n) is 9.07. The number of nitrogens with one attached hydrogen (secondary N) is 2. The van der Waals surface area contributed by atoms with Gasteiger partial charge in [-0.05, 0) is 61.0 Å². The molecule has 0 aliphatic carbocycles. The fourth-order valence-corrected chi connectivity index (χ4v) is 5.04. The molecule has 1 aromatic heterocycles. The van der Waals surface area contributed by atoms with Gasteiger partial charge >= 0.3 is 0 Å². The molecule has 27 heavy (non-hydrogen) atoms. The third-order valence-corrected chi connectivity index (χ3v) is 7.50. The number of piperidine rings is 1. The molecular weight excluding hydrogens is 382 g/mol. The molecule has 1 aromatic carbocycles. The Kier molecular flexibility index (Phi) is 6.64. The Bertz CT molecular complexity index is 841. The Labute approximate surface area is 164 Å². The van der Waals surface area contributed by atoms with E-state index in [1.165, 1.54) is 24.5 Å². The lowest BCUT2D eigenvalue weighted by atomic mass is 9.99. The highest BCUT2D eigenvalue weighted by molar-refractivity contribution is 7.91. The lowest BCUT2D eigenvalue weighted by molar-refractivity contribution is -0.115. The van der Waals surface area contributed by atoms with Crippen LogP contribution in [0.3, 0.4) is 0 Å². The first-order chi connectivity index (χ1) is 12.9.